The van der Waals surface area contributed by atoms with Crippen molar-refractivity contribution in [1.29, 1.82) is 0 Å². The summed E-state index contributed by atoms with van der Waals surface area (Å²) in [7, 11) is 1.59. The van der Waals surface area contributed by atoms with Crippen molar-refractivity contribution in [2.45, 2.75) is 13.0 Å². The average molecular weight is 424 g/mol. The summed E-state index contributed by atoms with van der Waals surface area (Å²) in [5.41, 5.74) is 1.80. The number of hydrogen-bond acceptors (Lipinski definition) is 7. The fourth-order valence-electron chi connectivity index (χ4n) is 3.10. The molecule has 1 unspecified atom stereocenters. The molecule has 4 rings (SSSR count). The summed E-state index contributed by atoms with van der Waals surface area (Å²) in [6.07, 6.45) is 4.30. The minimum Gasteiger partial charge on any atom is -0.487 e. The van der Waals surface area contributed by atoms with Gasteiger partial charge in [-0.15, -0.1) is 5.10 Å². The van der Waals surface area contributed by atoms with Crippen molar-refractivity contribution in [3.05, 3.63) is 70.8 Å². The van der Waals surface area contributed by atoms with Crippen LogP contribution in [-0.2, 0) is 4.74 Å². The second-order valence-electron chi connectivity index (χ2n) is 6.79. The lowest BCUT2D eigenvalue weighted by Gasteiger charge is -2.16. The summed E-state index contributed by atoms with van der Waals surface area (Å²) in [4.78, 5) is 23.5. The molecule has 0 radical (unpaired) electrons. The number of methoxy groups -OCH3 is 1. The Kier molecular flexibility index (Phi) is 5.89. The van der Waals surface area contributed by atoms with E-state index < -0.39 is 5.82 Å². The molecular weight excluding hydrogens is 403 g/mol. The van der Waals surface area contributed by atoms with Crippen LogP contribution in [0.15, 0.2) is 53.7 Å². The number of nitrogens with zero attached hydrogens (tertiary/aromatic N) is 4. The highest BCUT2D eigenvalue weighted by Crippen LogP contribution is 2.27. The fourth-order valence-corrected chi connectivity index (χ4v) is 3.10. The third-order valence-corrected chi connectivity index (χ3v) is 4.63. The van der Waals surface area contributed by atoms with E-state index in [1.165, 1.54) is 12.3 Å². The number of anilines is 1. The fraction of sp³-hybridized carbons (Fsp3) is 0.238. The van der Waals surface area contributed by atoms with Crippen LogP contribution < -0.4 is 15.6 Å². The zero-order chi connectivity index (χ0) is 21.8. The van der Waals surface area contributed by atoms with Crippen molar-refractivity contribution in [2.75, 3.05) is 25.6 Å². The molecule has 0 fully saturated rings. The minimum atomic E-state index is -0.402. The quantitative estimate of drug-likeness (QED) is 0.419. The molecule has 0 spiro atoms. The van der Waals surface area contributed by atoms with E-state index in [2.05, 4.69) is 25.4 Å². The van der Waals surface area contributed by atoms with E-state index in [1.807, 2.05) is 6.92 Å². The van der Waals surface area contributed by atoms with Gasteiger partial charge in [0, 0.05) is 19.4 Å². The number of aromatic nitrogens is 5. The first-order valence-corrected chi connectivity index (χ1v) is 9.63. The van der Waals surface area contributed by atoms with Gasteiger partial charge in [-0.1, -0.05) is 0 Å². The Balaban J connectivity index is 1.75. The number of halogens is 1. The molecule has 0 saturated heterocycles. The molecule has 9 nitrogen and oxygen atoms in total. The van der Waals surface area contributed by atoms with Crippen molar-refractivity contribution in [2.24, 2.45) is 0 Å². The predicted octanol–water partition coefficient (Wildman–Crippen LogP) is 2.82. The van der Waals surface area contributed by atoms with Gasteiger partial charge in [-0.2, -0.15) is 0 Å². The second-order valence-corrected chi connectivity index (χ2v) is 6.79. The molecule has 0 aliphatic carbocycles. The first kappa shape index (κ1) is 20.5. The number of fused-ring (bicyclic) bond motifs is 1. The Morgan fingerprint density at radius 2 is 2.10 bits per heavy atom. The summed E-state index contributed by atoms with van der Waals surface area (Å²) in [5, 5.41) is 7.84. The number of pyridine rings is 2. The molecule has 0 aliphatic heterocycles. The first-order valence-electron chi connectivity index (χ1n) is 9.63. The van der Waals surface area contributed by atoms with Crippen LogP contribution in [0.2, 0.25) is 0 Å². The number of hydrogen-bond donors (Lipinski definition) is 2. The van der Waals surface area contributed by atoms with Crippen LogP contribution in [-0.4, -0.2) is 44.9 Å². The Bertz CT molecular complexity index is 1240. The predicted molar refractivity (Wildman–Crippen MR) is 113 cm³/mol. The van der Waals surface area contributed by atoms with Crippen LogP contribution in [0.4, 0.5) is 10.2 Å². The van der Waals surface area contributed by atoms with Crippen molar-refractivity contribution in [3.8, 4) is 17.0 Å². The van der Waals surface area contributed by atoms with Gasteiger partial charge in [0.15, 0.2) is 17.2 Å². The minimum absolute atomic E-state index is 0.254. The highest BCUT2D eigenvalue weighted by atomic mass is 19.1. The molecule has 0 bridgehead atoms. The van der Waals surface area contributed by atoms with E-state index in [0.29, 0.717) is 47.4 Å². The van der Waals surface area contributed by atoms with Gasteiger partial charge >= 0.3 is 0 Å². The standard InChI is InChI=1S/C21H21FN6O3/c1-13(16-6-5-14(22)11-24-16)26-19-10-18(31-9-8-30-2)20-25-12-17(28(20)27-19)15-4-3-7-23-21(15)29/h3-7,10-13H,8-9H2,1-2H3,(H,23,29)(H,26,27). The molecule has 31 heavy (non-hydrogen) atoms. The topological polar surface area (TPSA) is 106 Å². The van der Waals surface area contributed by atoms with Gasteiger partial charge in [0.1, 0.15) is 12.4 Å². The van der Waals surface area contributed by atoms with Crippen LogP contribution in [0, 0.1) is 5.82 Å². The van der Waals surface area contributed by atoms with Gasteiger partial charge in [0.25, 0.3) is 5.56 Å². The Morgan fingerprint density at radius 1 is 1.23 bits per heavy atom. The van der Waals surface area contributed by atoms with Crippen LogP contribution in [0.3, 0.4) is 0 Å². The largest absolute Gasteiger partial charge is 0.487 e. The molecule has 0 saturated carbocycles. The van der Waals surface area contributed by atoms with Crippen LogP contribution >= 0.6 is 0 Å². The summed E-state index contributed by atoms with van der Waals surface area (Å²) >= 11 is 0. The highest BCUT2D eigenvalue weighted by Gasteiger charge is 2.17. The van der Waals surface area contributed by atoms with Gasteiger partial charge in [-0.05, 0) is 31.2 Å². The van der Waals surface area contributed by atoms with Crippen molar-refractivity contribution >= 4 is 11.5 Å². The molecule has 10 heteroatoms. The molecule has 4 aromatic heterocycles. The highest BCUT2D eigenvalue weighted by molar-refractivity contribution is 5.67. The molecule has 4 aromatic rings. The second kappa shape index (κ2) is 8.92. The Hall–Kier alpha value is -3.79. The van der Waals surface area contributed by atoms with Crippen molar-refractivity contribution in [1.82, 2.24) is 24.6 Å². The number of rotatable bonds is 8. The number of ether oxygens (including phenoxy) is 2. The normalized spacial score (nSPS) is 12.1. The zero-order valence-electron chi connectivity index (χ0n) is 17.0. The molecule has 0 aromatic carbocycles. The van der Waals surface area contributed by atoms with E-state index in [9.17, 15) is 9.18 Å². The number of H-pyrrole nitrogens is 1. The van der Waals surface area contributed by atoms with Crippen LogP contribution in [0.5, 0.6) is 5.75 Å². The summed E-state index contributed by atoms with van der Waals surface area (Å²) in [5.74, 6) is 0.554. The lowest BCUT2D eigenvalue weighted by molar-refractivity contribution is 0.147. The van der Waals surface area contributed by atoms with Crippen LogP contribution in [0.1, 0.15) is 18.7 Å². The van der Waals surface area contributed by atoms with E-state index >= 15 is 0 Å². The van der Waals surface area contributed by atoms with Crippen molar-refractivity contribution in [3.63, 3.8) is 0 Å². The van der Waals surface area contributed by atoms with Crippen molar-refractivity contribution < 1.29 is 13.9 Å². The Morgan fingerprint density at radius 3 is 2.84 bits per heavy atom. The van der Waals surface area contributed by atoms with E-state index in [-0.39, 0.29) is 11.6 Å². The van der Waals surface area contributed by atoms with E-state index in [4.69, 9.17) is 9.47 Å². The average Bonchev–Trinajstić information content (AvgIpc) is 3.18. The maximum Gasteiger partial charge on any atom is 0.257 e. The molecule has 2 N–H and O–H groups in total. The van der Waals surface area contributed by atoms with Gasteiger partial charge in [-0.3, -0.25) is 9.78 Å². The zero-order valence-corrected chi connectivity index (χ0v) is 17.0. The number of aromatic amines is 1. The number of nitrogens with one attached hydrogen (secondary N) is 2. The smallest absolute Gasteiger partial charge is 0.257 e. The maximum absolute atomic E-state index is 13.2. The van der Waals surface area contributed by atoms with Gasteiger partial charge in [0.05, 0.1) is 42.0 Å². The monoisotopic (exact) mass is 424 g/mol. The van der Waals surface area contributed by atoms with E-state index in [0.717, 1.165) is 0 Å². The SMILES string of the molecule is COCCOc1cc(NC(C)c2ccc(F)cn2)nn2c(-c3ccc[nH]c3=O)cnc12. The molecule has 4 heterocycles. The van der Waals surface area contributed by atoms with Gasteiger partial charge in [-0.25, -0.2) is 13.9 Å². The third-order valence-electron chi connectivity index (χ3n) is 4.63. The summed E-state index contributed by atoms with van der Waals surface area (Å²) < 4.78 is 25.7. The summed E-state index contributed by atoms with van der Waals surface area (Å²) in [6, 6.07) is 7.85. The van der Waals surface area contributed by atoms with Crippen LogP contribution in [0.25, 0.3) is 16.9 Å². The maximum atomic E-state index is 13.2. The lowest BCUT2D eigenvalue weighted by atomic mass is 10.2. The van der Waals surface area contributed by atoms with Gasteiger partial charge < -0.3 is 19.8 Å². The van der Waals surface area contributed by atoms with Gasteiger partial charge in [0.2, 0.25) is 0 Å². The molecule has 1 atom stereocenters. The Labute approximate surface area is 176 Å². The third kappa shape index (κ3) is 4.38. The molecular formula is C21H21FN6O3. The molecule has 160 valence electrons. The van der Waals surface area contributed by atoms with E-state index in [1.54, 1.807) is 48.3 Å². The molecule has 0 amide bonds. The number of imidazole rings is 1. The lowest BCUT2D eigenvalue weighted by Crippen LogP contribution is -2.14. The first-order chi connectivity index (χ1) is 15.1. The molecule has 0 aliphatic rings. The summed E-state index contributed by atoms with van der Waals surface area (Å²) in [6.45, 7) is 2.60.